The summed E-state index contributed by atoms with van der Waals surface area (Å²) in [5.74, 6) is 0.0929. The van der Waals surface area contributed by atoms with E-state index < -0.39 is 0 Å². The number of carbonyl (C=O) groups excluding carboxylic acids is 1. The minimum absolute atomic E-state index is 0.0929. The molecule has 0 atom stereocenters. The first-order valence-corrected chi connectivity index (χ1v) is 7.23. The molecule has 0 bridgehead atoms. The summed E-state index contributed by atoms with van der Waals surface area (Å²) >= 11 is 0. The van der Waals surface area contributed by atoms with Gasteiger partial charge in [0.15, 0.2) is 0 Å². The van der Waals surface area contributed by atoms with Crippen molar-refractivity contribution in [1.29, 1.82) is 5.26 Å². The van der Waals surface area contributed by atoms with Crippen LogP contribution in [0.5, 0.6) is 0 Å². The number of amides is 1. The van der Waals surface area contributed by atoms with Crippen molar-refractivity contribution in [3.05, 3.63) is 35.4 Å². The van der Waals surface area contributed by atoms with Crippen molar-refractivity contribution in [2.45, 2.75) is 19.3 Å². The van der Waals surface area contributed by atoms with Gasteiger partial charge in [-0.05, 0) is 55.5 Å². The first-order valence-electron chi connectivity index (χ1n) is 7.23. The average molecular weight is 269 g/mol. The first-order chi connectivity index (χ1) is 9.72. The second-order valence-corrected chi connectivity index (χ2v) is 5.91. The molecule has 0 aromatic heterocycles. The Hall–Kier alpha value is -1.86. The highest BCUT2D eigenvalue weighted by Crippen LogP contribution is 2.37. The zero-order valence-electron chi connectivity index (χ0n) is 11.6. The highest BCUT2D eigenvalue weighted by Gasteiger charge is 2.38. The number of piperidine rings is 1. The summed E-state index contributed by atoms with van der Waals surface area (Å²) in [4.78, 5) is 14.4. The summed E-state index contributed by atoms with van der Waals surface area (Å²) < 4.78 is 0. The fraction of sp³-hybridized carbons (Fsp3) is 0.500. The van der Waals surface area contributed by atoms with Crippen LogP contribution in [-0.2, 0) is 0 Å². The normalized spacial score (nSPS) is 20.9. The molecule has 0 saturated carbocycles. The van der Waals surface area contributed by atoms with Gasteiger partial charge in [-0.25, -0.2) is 0 Å². The molecule has 2 aliphatic heterocycles. The number of hydrogen-bond acceptors (Lipinski definition) is 3. The molecule has 20 heavy (non-hydrogen) atoms. The zero-order valence-corrected chi connectivity index (χ0v) is 11.6. The summed E-state index contributed by atoms with van der Waals surface area (Å²) in [5.41, 5.74) is 1.71. The molecule has 0 aliphatic carbocycles. The molecule has 2 heterocycles. The van der Waals surface area contributed by atoms with E-state index in [2.05, 4.69) is 11.4 Å². The molecule has 0 unspecified atom stereocenters. The first kappa shape index (κ1) is 13.1. The fourth-order valence-electron chi connectivity index (χ4n) is 3.28. The van der Waals surface area contributed by atoms with Crippen molar-refractivity contribution in [2.24, 2.45) is 5.41 Å². The van der Waals surface area contributed by atoms with Gasteiger partial charge in [-0.2, -0.15) is 5.26 Å². The van der Waals surface area contributed by atoms with E-state index in [-0.39, 0.29) is 5.91 Å². The van der Waals surface area contributed by atoms with Gasteiger partial charge in [0, 0.05) is 25.2 Å². The van der Waals surface area contributed by atoms with E-state index in [1.54, 1.807) is 24.3 Å². The molecule has 104 valence electrons. The number of carbonyl (C=O) groups is 1. The van der Waals surface area contributed by atoms with Gasteiger partial charge in [0.05, 0.1) is 11.6 Å². The largest absolute Gasteiger partial charge is 0.339 e. The summed E-state index contributed by atoms with van der Waals surface area (Å²) in [5, 5.41) is 12.2. The van der Waals surface area contributed by atoms with Crippen LogP contribution in [0, 0.1) is 16.7 Å². The van der Waals surface area contributed by atoms with E-state index in [9.17, 15) is 4.79 Å². The second kappa shape index (κ2) is 5.26. The highest BCUT2D eigenvalue weighted by atomic mass is 16.2. The van der Waals surface area contributed by atoms with E-state index in [1.807, 2.05) is 4.90 Å². The van der Waals surface area contributed by atoms with Gasteiger partial charge in [0.1, 0.15) is 0 Å². The quantitative estimate of drug-likeness (QED) is 0.845. The monoisotopic (exact) mass is 269 g/mol. The molecule has 2 saturated heterocycles. The Morgan fingerprint density at radius 3 is 2.45 bits per heavy atom. The molecular formula is C16H19N3O. The standard InChI is InChI=1S/C16H19N3O/c17-11-13-1-3-14(4-2-13)15(20)19-9-6-16(7-10-19)5-8-18-12-16/h1-4,18H,5-10,12H2. The van der Waals surface area contributed by atoms with Crippen molar-refractivity contribution in [3.63, 3.8) is 0 Å². The molecule has 3 rings (SSSR count). The smallest absolute Gasteiger partial charge is 0.253 e. The maximum atomic E-state index is 12.4. The molecule has 2 aliphatic rings. The number of hydrogen-bond donors (Lipinski definition) is 1. The molecule has 1 aromatic rings. The van der Waals surface area contributed by atoms with Crippen molar-refractivity contribution < 1.29 is 4.79 Å². The summed E-state index contributed by atoms with van der Waals surface area (Å²) in [6.45, 7) is 3.91. The van der Waals surface area contributed by atoms with Crippen LogP contribution in [0.2, 0.25) is 0 Å². The third-order valence-electron chi connectivity index (χ3n) is 4.70. The number of likely N-dealkylation sites (tertiary alicyclic amines) is 1. The lowest BCUT2D eigenvalue weighted by atomic mass is 9.78. The number of nitriles is 1. The molecule has 0 radical (unpaired) electrons. The van der Waals surface area contributed by atoms with Crippen LogP contribution < -0.4 is 5.32 Å². The van der Waals surface area contributed by atoms with Gasteiger partial charge in [-0.15, -0.1) is 0 Å². The van der Waals surface area contributed by atoms with E-state index in [1.165, 1.54) is 6.42 Å². The van der Waals surface area contributed by atoms with Crippen LogP contribution in [0.25, 0.3) is 0 Å². The lowest BCUT2D eigenvalue weighted by molar-refractivity contribution is 0.0607. The summed E-state index contributed by atoms with van der Waals surface area (Å²) in [6, 6.07) is 8.99. The van der Waals surface area contributed by atoms with Gasteiger partial charge in [0.25, 0.3) is 5.91 Å². The Morgan fingerprint density at radius 2 is 1.90 bits per heavy atom. The highest BCUT2D eigenvalue weighted by molar-refractivity contribution is 5.94. The predicted octanol–water partition coefficient (Wildman–Crippen LogP) is 1.77. The number of nitrogens with zero attached hydrogens (tertiary/aromatic N) is 2. The topological polar surface area (TPSA) is 56.1 Å². The van der Waals surface area contributed by atoms with Crippen LogP contribution in [0.3, 0.4) is 0 Å². The van der Waals surface area contributed by atoms with Crippen LogP contribution in [-0.4, -0.2) is 37.0 Å². The lowest BCUT2D eigenvalue weighted by Crippen LogP contribution is -2.44. The lowest BCUT2D eigenvalue weighted by Gasteiger charge is -2.38. The van der Waals surface area contributed by atoms with Crippen molar-refractivity contribution >= 4 is 5.91 Å². The maximum absolute atomic E-state index is 12.4. The van der Waals surface area contributed by atoms with Gasteiger partial charge < -0.3 is 10.2 Å². The summed E-state index contributed by atoms with van der Waals surface area (Å²) in [6.07, 6.45) is 3.44. The Morgan fingerprint density at radius 1 is 1.20 bits per heavy atom. The van der Waals surface area contributed by atoms with E-state index in [0.29, 0.717) is 16.5 Å². The third kappa shape index (κ3) is 2.41. The van der Waals surface area contributed by atoms with Crippen LogP contribution in [0.4, 0.5) is 0 Å². The number of nitrogens with one attached hydrogen (secondary N) is 1. The number of benzene rings is 1. The van der Waals surface area contributed by atoms with Crippen molar-refractivity contribution in [1.82, 2.24) is 10.2 Å². The molecule has 4 heteroatoms. The molecular weight excluding hydrogens is 250 g/mol. The molecule has 4 nitrogen and oxygen atoms in total. The van der Waals surface area contributed by atoms with Crippen molar-refractivity contribution in [3.8, 4) is 6.07 Å². The van der Waals surface area contributed by atoms with Gasteiger partial charge in [0.2, 0.25) is 0 Å². The Bertz CT molecular complexity index is 528. The summed E-state index contributed by atoms with van der Waals surface area (Å²) in [7, 11) is 0. The van der Waals surface area contributed by atoms with E-state index >= 15 is 0 Å². The van der Waals surface area contributed by atoms with Crippen LogP contribution in [0.15, 0.2) is 24.3 Å². The molecule has 1 spiro atoms. The van der Waals surface area contributed by atoms with Crippen LogP contribution in [0.1, 0.15) is 35.2 Å². The Balaban J connectivity index is 1.65. The second-order valence-electron chi connectivity index (χ2n) is 5.91. The average Bonchev–Trinajstić information content (AvgIpc) is 2.96. The maximum Gasteiger partial charge on any atom is 0.253 e. The Labute approximate surface area is 119 Å². The SMILES string of the molecule is N#Cc1ccc(C(=O)N2CCC3(CCNC3)CC2)cc1. The van der Waals surface area contributed by atoms with E-state index in [0.717, 1.165) is 39.0 Å². The van der Waals surface area contributed by atoms with Gasteiger partial charge >= 0.3 is 0 Å². The number of rotatable bonds is 1. The van der Waals surface area contributed by atoms with Crippen LogP contribution >= 0.6 is 0 Å². The van der Waals surface area contributed by atoms with Gasteiger partial charge in [-0.3, -0.25) is 4.79 Å². The van der Waals surface area contributed by atoms with Gasteiger partial charge in [-0.1, -0.05) is 0 Å². The fourth-order valence-corrected chi connectivity index (χ4v) is 3.28. The molecule has 2 fully saturated rings. The molecule has 1 amide bonds. The third-order valence-corrected chi connectivity index (χ3v) is 4.70. The van der Waals surface area contributed by atoms with E-state index in [4.69, 9.17) is 5.26 Å². The minimum atomic E-state index is 0.0929. The predicted molar refractivity (Wildman–Crippen MR) is 76.2 cm³/mol. The molecule has 1 N–H and O–H groups in total. The Kier molecular flexibility index (Phi) is 3.45. The minimum Gasteiger partial charge on any atom is -0.339 e. The van der Waals surface area contributed by atoms with Crippen molar-refractivity contribution in [2.75, 3.05) is 26.2 Å². The zero-order chi connectivity index (χ0) is 14.0. The molecule has 1 aromatic carbocycles.